The van der Waals surface area contributed by atoms with Crippen LogP contribution in [0, 0.1) is 0 Å². The Balaban J connectivity index is 2.99. The molecule has 3 atom stereocenters. The zero-order chi connectivity index (χ0) is 29.5. The molecule has 39 heavy (non-hydrogen) atoms. The topological polar surface area (TPSA) is 145 Å². The largest absolute Gasteiger partial charge is 0.514 e. The lowest BCUT2D eigenvalue weighted by Crippen LogP contribution is -2.43. The number of esters is 1. The number of rotatable bonds is 14. The van der Waals surface area contributed by atoms with Crippen molar-refractivity contribution in [3.8, 4) is 11.5 Å². The number of methoxy groups -OCH3 is 1. The molecular weight excluding hydrogens is 514 g/mol. The van der Waals surface area contributed by atoms with E-state index in [1.54, 1.807) is 47.6 Å². The first kappa shape index (κ1) is 33.5. The number of nitrogens with one attached hydrogen (secondary N) is 1. The summed E-state index contributed by atoms with van der Waals surface area (Å²) in [6.07, 6.45) is -2.82. The van der Waals surface area contributed by atoms with Crippen molar-refractivity contribution in [2.75, 3.05) is 13.7 Å². The molecule has 0 aliphatic carbocycles. The Morgan fingerprint density at radius 1 is 0.769 bits per heavy atom. The van der Waals surface area contributed by atoms with Crippen molar-refractivity contribution in [2.45, 2.75) is 98.2 Å². The lowest BCUT2D eigenvalue weighted by atomic mass is 10.0. The second-order valence-electron chi connectivity index (χ2n) is 9.40. The molecule has 12 nitrogen and oxygen atoms in total. The van der Waals surface area contributed by atoms with Gasteiger partial charge in [-0.3, -0.25) is 4.79 Å². The minimum Gasteiger partial charge on any atom is -0.468 e. The fraction of sp³-hybridized carbons (Fsp3) is 0.630. The van der Waals surface area contributed by atoms with Gasteiger partial charge in [0.25, 0.3) is 0 Å². The van der Waals surface area contributed by atoms with Crippen LogP contribution in [0.1, 0.15) is 66.9 Å². The van der Waals surface area contributed by atoms with Crippen molar-refractivity contribution in [3.63, 3.8) is 0 Å². The summed E-state index contributed by atoms with van der Waals surface area (Å²) < 4.78 is 35.8. The molecular formula is C27H41NO11. The van der Waals surface area contributed by atoms with Crippen molar-refractivity contribution < 1.29 is 52.3 Å². The van der Waals surface area contributed by atoms with E-state index >= 15 is 0 Å². The Hall–Kier alpha value is -3.54. The smallest absolute Gasteiger partial charge is 0.468 e. The van der Waals surface area contributed by atoms with Crippen molar-refractivity contribution in [2.24, 2.45) is 0 Å². The highest BCUT2D eigenvalue weighted by Gasteiger charge is 2.24. The lowest BCUT2D eigenvalue weighted by Gasteiger charge is -2.21. The van der Waals surface area contributed by atoms with Gasteiger partial charge >= 0.3 is 24.4 Å². The van der Waals surface area contributed by atoms with Crippen LogP contribution in [0.4, 0.5) is 14.4 Å². The highest BCUT2D eigenvalue weighted by Crippen LogP contribution is 2.30. The third-order valence-corrected chi connectivity index (χ3v) is 4.93. The van der Waals surface area contributed by atoms with E-state index in [9.17, 15) is 19.2 Å². The summed E-state index contributed by atoms with van der Waals surface area (Å²) >= 11 is 0. The SMILES string of the molecule is CCCC(C)OC(=O)OC(C)CN[C@@H](Cc1ccc(OC(=O)OC(C)C)c(OC(=O)OC(C)C)c1)C(=O)OC. The molecule has 12 heteroatoms. The standard InChI is InChI=1S/C27H41NO11/c1-9-10-18(6)36-27(32)37-19(7)15-28-21(24(29)33-8)13-20-11-12-22(38-25(30)34-16(2)3)23(14-20)39-26(31)35-17(4)5/h11-12,14,16-19,21,28H,9-10,13,15H2,1-8H3/t18?,19?,21-/m0/s1. The Morgan fingerprint density at radius 3 is 1.87 bits per heavy atom. The van der Waals surface area contributed by atoms with Gasteiger partial charge in [-0.25, -0.2) is 14.4 Å². The fourth-order valence-electron chi connectivity index (χ4n) is 3.24. The molecule has 0 amide bonds. The Labute approximate surface area is 229 Å². The molecule has 0 saturated carbocycles. The van der Waals surface area contributed by atoms with Gasteiger partial charge in [-0.05, 0) is 72.1 Å². The predicted octanol–water partition coefficient (Wildman–Crippen LogP) is 4.94. The van der Waals surface area contributed by atoms with Gasteiger partial charge in [-0.1, -0.05) is 19.4 Å². The van der Waals surface area contributed by atoms with Gasteiger partial charge in [0.05, 0.1) is 19.3 Å². The van der Waals surface area contributed by atoms with Gasteiger partial charge in [0, 0.05) is 6.54 Å². The molecule has 1 N–H and O–H groups in total. The second-order valence-corrected chi connectivity index (χ2v) is 9.40. The molecule has 0 aliphatic rings. The summed E-state index contributed by atoms with van der Waals surface area (Å²) in [4.78, 5) is 48.6. The van der Waals surface area contributed by atoms with Crippen LogP contribution < -0.4 is 14.8 Å². The summed E-state index contributed by atoms with van der Waals surface area (Å²) in [7, 11) is 1.25. The van der Waals surface area contributed by atoms with Gasteiger partial charge in [0.1, 0.15) is 18.2 Å². The van der Waals surface area contributed by atoms with E-state index in [1.807, 2.05) is 6.92 Å². The maximum Gasteiger partial charge on any atom is 0.514 e. The molecule has 0 aliphatic heterocycles. The van der Waals surface area contributed by atoms with Crippen LogP contribution in [0.5, 0.6) is 11.5 Å². The van der Waals surface area contributed by atoms with Crippen LogP contribution in [0.2, 0.25) is 0 Å². The predicted molar refractivity (Wildman–Crippen MR) is 140 cm³/mol. The van der Waals surface area contributed by atoms with Crippen LogP contribution in [0.25, 0.3) is 0 Å². The highest BCUT2D eigenvalue weighted by atomic mass is 16.8. The first-order chi connectivity index (χ1) is 18.3. The van der Waals surface area contributed by atoms with Crippen LogP contribution in [0.15, 0.2) is 18.2 Å². The monoisotopic (exact) mass is 555 g/mol. The normalized spacial score (nSPS) is 13.2. The highest BCUT2D eigenvalue weighted by molar-refractivity contribution is 5.76. The molecule has 0 fully saturated rings. The third-order valence-electron chi connectivity index (χ3n) is 4.93. The zero-order valence-corrected chi connectivity index (χ0v) is 23.9. The number of hydrogen-bond acceptors (Lipinski definition) is 12. The van der Waals surface area contributed by atoms with E-state index in [2.05, 4.69) is 5.32 Å². The van der Waals surface area contributed by atoms with E-state index in [0.29, 0.717) is 5.56 Å². The molecule has 2 unspecified atom stereocenters. The van der Waals surface area contributed by atoms with Gasteiger partial charge in [0.15, 0.2) is 11.5 Å². The minimum absolute atomic E-state index is 0.0782. The molecule has 1 rings (SSSR count). The maximum absolute atomic E-state index is 12.5. The van der Waals surface area contributed by atoms with Gasteiger partial charge in [0.2, 0.25) is 0 Å². The molecule has 220 valence electrons. The number of carbonyl (C=O) groups is 4. The van der Waals surface area contributed by atoms with E-state index < -0.39 is 48.8 Å². The van der Waals surface area contributed by atoms with E-state index in [-0.39, 0.29) is 30.6 Å². The quantitative estimate of drug-likeness (QED) is 0.188. The molecule has 0 heterocycles. The van der Waals surface area contributed by atoms with Crippen LogP contribution in [-0.4, -0.2) is 68.5 Å². The van der Waals surface area contributed by atoms with Gasteiger partial charge in [-0.2, -0.15) is 0 Å². The van der Waals surface area contributed by atoms with Gasteiger partial charge < -0.3 is 38.5 Å². The van der Waals surface area contributed by atoms with Crippen molar-refractivity contribution >= 4 is 24.4 Å². The number of hydrogen-bond donors (Lipinski definition) is 1. The molecule has 0 radical (unpaired) electrons. The Kier molecular flexibility index (Phi) is 14.7. The first-order valence-corrected chi connectivity index (χ1v) is 12.9. The minimum atomic E-state index is -1.00. The number of benzene rings is 1. The summed E-state index contributed by atoms with van der Waals surface area (Å²) in [6.45, 7) is 12.2. The Morgan fingerprint density at radius 2 is 1.33 bits per heavy atom. The van der Waals surface area contributed by atoms with E-state index in [1.165, 1.54) is 19.2 Å². The fourth-order valence-corrected chi connectivity index (χ4v) is 3.24. The maximum atomic E-state index is 12.5. The third kappa shape index (κ3) is 13.7. The second kappa shape index (κ2) is 17.1. The molecule has 1 aromatic carbocycles. The van der Waals surface area contributed by atoms with Crippen molar-refractivity contribution in [3.05, 3.63) is 23.8 Å². The summed E-state index contributed by atoms with van der Waals surface area (Å²) in [5.41, 5.74) is 0.538. The molecule has 0 aromatic heterocycles. The van der Waals surface area contributed by atoms with E-state index in [4.69, 9.17) is 33.2 Å². The number of carbonyl (C=O) groups excluding carboxylic acids is 4. The van der Waals surface area contributed by atoms with Crippen molar-refractivity contribution in [1.82, 2.24) is 5.32 Å². The average Bonchev–Trinajstić information content (AvgIpc) is 2.81. The Bertz CT molecular complexity index is 948. The lowest BCUT2D eigenvalue weighted by molar-refractivity contribution is -0.143. The summed E-state index contributed by atoms with van der Waals surface area (Å²) in [5, 5.41) is 3.01. The molecule has 0 bridgehead atoms. The zero-order valence-electron chi connectivity index (χ0n) is 23.9. The van der Waals surface area contributed by atoms with E-state index in [0.717, 1.165) is 12.8 Å². The van der Waals surface area contributed by atoms with Crippen LogP contribution >= 0.6 is 0 Å². The summed E-state index contributed by atoms with van der Waals surface area (Å²) in [5.74, 6) is -0.752. The number of ether oxygens (including phenoxy) is 7. The summed E-state index contributed by atoms with van der Waals surface area (Å²) in [6, 6.07) is 3.58. The van der Waals surface area contributed by atoms with Gasteiger partial charge in [-0.15, -0.1) is 0 Å². The molecule has 0 spiro atoms. The average molecular weight is 556 g/mol. The first-order valence-electron chi connectivity index (χ1n) is 12.9. The van der Waals surface area contributed by atoms with Crippen LogP contribution in [-0.2, 0) is 34.9 Å². The molecule has 0 saturated heterocycles. The van der Waals surface area contributed by atoms with Crippen LogP contribution in [0.3, 0.4) is 0 Å². The molecule has 1 aromatic rings. The van der Waals surface area contributed by atoms with Crippen molar-refractivity contribution in [1.29, 1.82) is 0 Å².